The molecule has 0 saturated carbocycles. The van der Waals surface area contributed by atoms with E-state index in [9.17, 15) is 0 Å². The first-order chi connectivity index (χ1) is 24.4. The van der Waals surface area contributed by atoms with Crippen molar-refractivity contribution in [2.45, 2.75) is 38.5 Å². The summed E-state index contributed by atoms with van der Waals surface area (Å²) in [7, 11) is 0. The molecule has 0 amide bonds. The zero-order valence-corrected chi connectivity index (χ0v) is 29.6. The van der Waals surface area contributed by atoms with Gasteiger partial charge in [-0.25, -0.2) is 0 Å². The van der Waals surface area contributed by atoms with Crippen molar-refractivity contribution < 1.29 is 0 Å². The van der Waals surface area contributed by atoms with Crippen LogP contribution in [0, 0.1) is 0 Å². The Labute approximate surface area is 298 Å². The van der Waals surface area contributed by atoms with Gasteiger partial charge in [-0.15, -0.1) is 11.3 Å². The summed E-state index contributed by atoms with van der Waals surface area (Å²) < 4.78 is 2.64. The largest absolute Gasteiger partial charge is 0.309 e. The molecule has 2 aliphatic carbocycles. The Morgan fingerprint density at radius 1 is 0.380 bits per heavy atom. The minimum absolute atomic E-state index is 0.185. The highest BCUT2D eigenvalue weighted by molar-refractivity contribution is 7.25. The molecule has 1 aromatic heterocycles. The van der Waals surface area contributed by atoms with Crippen molar-refractivity contribution in [1.82, 2.24) is 0 Å². The molecule has 7 aromatic carbocycles. The van der Waals surface area contributed by atoms with Crippen LogP contribution in [0.25, 0.3) is 53.6 Å². The molecule has 0 bridgehead atoms. The highest BCUT2D eigenvalue weighted by atomic mass is 32.1. The predicted molar refractivity (Wildman–Crippen MR) is 215 cm³/mol. The Morgan fingerprint density at radius 2 is 0.820 bits per heavy atom. The summed E-state index contributed by atoms with van der Waals surface area (Å²) in [5.41, 5.74) is 16.6. The standard InChI is InChI=1S/C48H37NS/c1-47(2)37-23-9-5-16-30(37)34-21-13-26-40(45(34)47)49(41-27-14-22-35-31-17-6-10-24-38(31)48(3,4)46(35)41)39-25-11-7-18-32(39)33-20-15-29-43-44(33)36-19-8-12-28-42(36)50-43/h5-29H,1-4H3. The fraction of sp³-hybridized carbons (Fsp3) is 0.125. The second-order valence-electron chi connectivity index (χ2n) is 14.9. The Balaban J connectivity index is 1.32. The van der Waals surface area contributed by atoms with E-state index in [1.165, 1.54) is 92.9 Å². The molecule has 2 aliphatic rings. The molecular formula is C48H37NS. The molecule has 0 fully saturated rings. The molecular weight excluding hydrogens is 623 g/mol. The Hall–Kier alpha value is -5.44. The van der Waals surface area contributed by atoms with Gasteiger partial charge in [-0.1, -0.05) is 149 Å². The van der Waals surface area contributed by atoms with Crippen LogP contribution >= 0.6 is 11.3 Å². The van der Waals surface area contributed by atoms with E-state index in [0.29, 0.717) is 0 Å². The molecule has 0 unspecified atom stereocenters. The molecule has 1 nitrogen and oxygen atoms in total. The molecule has 0 atom stereocenters. The summed E-state index contributed by atoms with van der Waals surface area (Å²) in [6, 6.07) is 56.6. The van der Waals surface area contributed by atoms with Crippen LogP contribution in [0.1, 0.15) is 49.9 Å². The van der Waals surface area contributed by atoms with E-state index in [0.717, 1.165) is 0 Å². The van der Waals surface area contributed by atoms with Crippen LogP contribution in [0.15, 0.2) is 152 Å². The van der Waals surface area contributed by atoms with Gasteiger partial charge in [0, 0.05) is 36.6 Å². The average Bonchev–Trinajstić information content (AvgIpc) is 3.73. The lowest BCUT2D eigenvalue weighted by molar-refractivity contribution is 0.656. The molecule has 240 valence electrons. The van der Waals surface area contributed by atoms with Crippen molar-refractivity contribution in [3.8, 4) is 33.4 Å². The SMILES string of the molecule is CC1(C)c2ccccc2-c2cccc(N(c3ccccc3-c3cccc4sc5ccccc5c34)c3cccc4c3C(C)(C)c3ccccc3-4)c21. The van der Waals surface area contributed by atoms with Gasteiger partial charge in [0.25, 0.3) is 0 Å². The number of thiophene rings is 1. The van der Waals surface area contributed by atoms with E-state index >= 15 is 0 Å². The number of rotatable bonds is 4. The van der Waals surface area contributed by atoms with Crippen LogP contribution in [0.2, 0.25) is 0 Å². The lowest BCUT2D eigenvalue weighted by atomic mass is 9.79. The van der Waals surface area contributed by atoms with E-state index in [1.807, 2.05) is 11.3 Å². The summed E-state index contributed by atoms with van der Waals surface area (Å²) in [6.07, 6.45) is 0. The molecule has 10 rings (SSSR count). The maximum absolute atomic E-state index is 2.61. The Morgan fingerprint density at radius 3 is 1.46 bits per heavy atom. The maximum Gasteiger partial charge on any atom is 0.0540 e. The van der Waals surface area contributed by atoms with E-state index < -0.39 is 0 Å². The zero-order valence-electron chi connectivity index (χ0n) is 28.8. The van der Waals surface area contributed by atoms with E-state index in [2.05, 4.69) is 184 Å². The summed E-state index contributed by atoms with van der Waals surface area (Å²) >= 11 is 1.88. The predicted octanol–water partition coefficient (Wildman–Crippen LogP) is 13.8. The van der Waals surface area contributed by atoms with Gasteiger partial charge in [0.1, 0.15) is 0 Å². The van der Waals surface area contributed by atoms with Crippen molar-refractivity contribution in [2.75, 3.05) is 4.90 Å². The summed E-state index contributed by atoms with van der Waals surface area (Å²) in [4.78, 5) is 2.61. The summed E-state index contributed by atoms with van der Waals surface area (Å²) in [5, 5.41) is 2.65. The lowest BCUT2D eigenvalue weighted by Gasteiger charge is -2.36. The van der Waals surface area contributed by atoms with Gasteiger partial charge in [0.2, 0.25) is 0 Å². The molecule has 50 heavy (non-hydrogen) atoms. The van der Waals surface area contributed by atoms with Crippen molar-refractivity contribution in [3.63, 3.8) is 0 Å². The van der Waals surface area contributed by atoms with Gasteiger partial charge in [0.15, 0.2) is 0 Å². The van der Waals surface area contributed by atoms with Gasteiger partial charge in [-0.3, -0.25) is 0 Å². The lowest BCUT2D eigenvalue weighted by Crippen LogP contribution is -2.24. The van der Waals surface area contributed by atoms with E-state index in [4.69, 9.17) is 0 Å². The van der Waals surface area contributed by atoms with Gasteiger partial charge >= 0.3 is 0 Å². The third kappa shape index (κ3) is 3.94. The minimum atomic E-state index is -0.185. The fourth-order valence-electron chi connectivity index (χ4n) is 9.30. The minimum Gasteiger partial charge on any atom is -0.309 e. The van der Waals surface area contributed by atoms with E-state index in [1.54, 1.807) is 0 Å². The third-order valence-corrected chi connectivity index (χ3v) is 12.6. The number of anilines is 3. The molecule has 0 spiro atoms. The monoisotopic (exact) mass is 659 g/mol. The van der Waals surface area contributed by atoms with Crippen LogP contribution in [-0.2, 0) is 10.8 Å². The first-order valence-electron chi connectivity index (χ1n) is 17.6. The molecule has 0 saturated heterocycles. The second-order valence-corrected chi connectivity index (χ2v) is 16.0. The summed E-state index contributed by atoms with van der Waals surface area (Å²) in [6.45, 7) is 9.61. The number of benzene rings is 7. The zero-order chi connectivity index (χ0) is 33.8. The molecule has 2 heteroatoms. The summed E-state index contributed by atoms with van der Waals surface area (Å²) in [5.74, 6) is 0. The van der Waals surface area contributed by atoms with Gasteiger partial charge in [0.05, 0.1) is 17.1 Å². The van der Waals surface area contributed by atoms with E-state index in [-0.39, 0.29) is 10.8 Å². The van der Waals surface area contributed by atoms with Crippen molar-refractivity contribution in [2.24, 2.45) is 0 Å². The first-order valence-corrected chi connectivity index (χ1v) is 18.4. The average molecular weight is 660 g/mol. The smallest absolute Gasteiger partial charge is 0.0540 e. The molecule has 8 aromatic rings. The number of nitrogens with zero attached hydrogens (tertiary/aromatic N) is 1. The van der Waals surface area contributed by atoms with Crippen LogP contribution in [0.4, 0.5) is 17.1 Å². The number of fused-ring (bicyclic) bond motifs is 9. The topological polar surface area (TPSA) is 3.24 Å². The highest BCUT2D eigenvalue weighted by Gasteiger charge is 2.42. The Bertz CT molecular complexity index is 2560. The number of hydrogen-bond acceptors (Lipinski definition) is 2. The van der Waals surface area contributed by atoms with Crippen molar-refractivity contribution in [3.05, 3.63) is 174 Å². The fourth-order valence-corrected chi connectivity index (χ4v) is 10.4. The van der Waals surface area contributed by atoms with Gasteiger partial charge in [-0.05, 0) is 80.4 Å². The van der Waals surface area contributed by atoms with Crippen LogP contribution in [-0.4, -0.2) is 0 Å². The van der Waals surface area contributed by atoms with Crippen LogP contribution in [0.5, 0.6) is 0 Å². The maximum atomic E-state index is 2.61. The third-order valence-electron chi connectivity index (χ3n) is 11.4. The van der Waals surface area contributed by atoms with Crippen molar-refractivity contribution >= 4 is 48.6 Å². The van der Waals surface area contributed by atoms with Gasteiger partial charge in [-0.2, -0.15) is 0 Å². The quantitative estimate of drug-likeness (QED) is 0.182. The molecule has 0 aliphatic heterocycles. The van der Waals surface area contributed by atoms with Crippen molar-refractivity contribution in [1.29, 1.82) is 0 Å². The van der Waals surface area contributed by atoms with Crippen LogP contribution in [0.3, 0.4) is 0 Å². The molecule has 1 heterocycles. The number of para-hydroxylation sites is 1. The van der Waals surface area contributed by atoms with Gasteiger partial charge < -0.3 is 4.90 Å². The first kappa shape index (κ1) is 29.5. The molecule has 0 N–H and O–H groups in total. The number of hydrogen-bond donors (Lipinski definition) is 0. The van der Waals surface area contributed by atoms with Crippen LogP contribution < -0.4 is 4.90 Å². The normalized spacial score (nSPS) is 14.7. The second kappa shape index (κ2) is 10.5. The highest BCUT2D eigenvalue weighted by Crippen LogP contribution is 2.59. The Kier molecular flexibility index (Phi) is 6.21. The molecule has 0 radical (unpaired) electrons.